The molecule has 1 heterocycles. The molecule has 0 saturated carbocycles. The molecular formula is C12H17NO3. The van der Waals surface area contributed by atoms with E-state index in [1.54, 1.807) is 31.5 Å². The van der Waals surface area contributed by atoms with Crippen LogP contribution in [-0.2, 0) is 15.1 Å². The zero-order chi connectivity index (χ0) is 12.0. The number of unbranched alkanes of at least 4 members (excludes halogenated alkanes) is 1. The third-order valence-corrected chi connectivity index (χ3v) is 2.53. The summed E-state index contributed by atoms with van der Waals surface area (Å²) in [5, 5.41) is 9.24. The van der Waals surface area contributed by atoms with Crippen LogP contribution in [0.3, 0.4) is 0 Å². The molecule has 0 bridgehead atoms. The van der Waals surface area contributed by atoms with Crippen molar-refractivity contribution in [2.24, 2.45) is 0 Å². The summed E-state index contributed by atoms with van der Waals surface area (Å²) in [7, 11) is 0. The lowest BCUT2D eigenvalue weighted by Crippen LogP contribution is -2.35. The van der Waals surface area contributed by atoms with Crippen molar-refractivity contribution < 1.29 is 14.6 Å². The first-order valence-electron chi connectivity index (χ1n) is 5.39. The number of aromatic nitrogens is 1. The predicted octanol–water partition coefficient (Wildman–Crippen LogP) is 2.20. The van der Waals surface area contributed by atoms with Crippen molar-refractivity contribution in [3.63, 3.8) is 0 Å². The second-order valence-electron chi connectivity index (χ2n) is 3.78. The van der Waals surface area contributed by atoms with Crippen LogP contribution < -0.4 is 0 Å². The molecule has 0 saturated heterocycles. The number of carboxylic acids is 1. The maximum atomic E-state index is 11.3. The number of nitrogens with zero attached hydrogens (tertiary/aromatic N) is 1. The maximum absolute atomic E-state index is 11.3. The number of aliphatic carboxylic acids is 1. The van der Waals surface area contributed by atoms with E-state index >= 15 is 0 Å². The van der Waals surface area contributed by atoms with Gasteiger partial charge in [0.2, 0.25) is 0 Å². The molecule has 0 radical (unpaired) electrons. The highest BCUT2D eigenvalue weighted by Crippen LogP contribution is 2.25. The monoisotopic (exact) mass is 223 g/mol. The topological polar surface area (TPSA) is 59.4 Å². The Kier molecular flexibility index (Phi) is 4.43. The lowest BCUT2D eigenvalue weighted by molar-refractivity contribution is -0.165. The number of carbonyl (C=O) groups is 1. The molecule has 4 nitrogen and oxygen atoms in total. The fraction of sp³-hybridized carbons (Fsp3) is 0.500. The summed E-state index contributed by atoms with van der Waals surface area (Å²) in [5.74, 6) is -0.977. The van der Waals surface area contributed by atoms with Gasteiger partial charge < -0.3 is 9.84 Å². The van der Waals surface area contributed by atoms with Crippen molar-refractivity contribution >= 4 is 5.97 Å². The fourth-order valence-corrected chi connectivity index (χ4v) is 1.36. The summed E-state index contributed by atoms with van der Waals surface area (Å²) in [5.41, 5.74) is -0.663. The van der Waals surface area contributed by atoms with Gasteiger partial charge in [0.05, 0.1) is 0 Å². The van der Waals surface area contributed by atoms with Gasteiger partial charge in [0.15, 0.2) is 5.60 Å². The lowest BCUT2D eigenvalue weighted by Gasteiger charge is -2.25. The maximum Gasteiger partial charge on any atom is 0.340 e. The van der Waals surface area contributed by atoms with Crippen LogP contribution in [0, 0.1) is 0 Å². The fourth-order valence-electron chi connectivity index (χ4n) is 1.36. The molecule has 0 spiro atoms. The summed E-state index contributed by atoms with van der Waals surface area (Å²) in [6, 6.07) is 3.33. The van der Waals surface area contributed by atoms with E-state index in [0.717, 1.165) is 12.8 Å². The van der Waals surface area contributed by atoms with Crippen molar-refractivity contribution in [1.82, 2.24) is 4.98 Å². The molecule has 0 aliphatic carbocycles. The third kappa shape index (κ3) is 2.79. The van der Waals surface area contributed by atoms with Gasteiger partial charge in [-0.15, -0.1) is 0 Å². The van der Waals surface area contributed by atoms with E-state index in [-0.39, 0.29) is 0 Å². The molecule has 1 aromatic heterocycles. The van der Waals surface area contributed by atoms with Gasteiger partial charge in [-0.1, -0.05) is 13.3 Å². The molecule has 1 unspecified atom stereocenters. The largest absolute Gasteiger partial charge is 0.479 e. The molecule has 16 heavy (non-hydrogen) atoms. The SMILES string of the molecule is CCCCOC(C)(C(=O)O)c1ccncc1. The van der Waals surface area contributed by atoms with Gasteiger partial charge >= 0.3 is 5.97 Å². The van der Waals surface area contributed by atoms with Crippen LogP contribution >= 0.6 is 0 Å². The first kappa shape index (κ1) is 12.6. The highest BCUT2D eigenvalue weighted by atomic mass is 16.5. The molecule has 1 aromatic rings. The number of hydrogen-bond donors (Lipinski definition) is 1. The number of carboxylic acid groups (broad SMARTS) is 1. The second-order valence-corrected chi connectivity index (χ2v) is 3.78. The average Bonchev–Trinajstić information content (AvgIpc) is 2.30. The lowest BCUT2D eigenvalue weighted by atomic mass is 9.97. The van der Waals surface area contributed by atoms with Crippen molar-refractivity contribution in [2.45, 2.75) is 32.3 Å². The molecule has 0 aliphatic rings. The highest BCUT2D eigenvalue weighted by Gasteiger charge is 2.36. The highest BCUT2D eigenvalue weighted by molar-refractivity contribution is 5.78. The normalized spacial score (nSPS) is 14.4. The van der Waals surface area contributed by atoms with Crippen molar-refractivity contribution in [1.29, 1.82) is 0 Å². The summed E-state index contributed by atoms with van der Waals surface area (Å²) in [6.45, 7) is 4.05. The van der Waals surface area contributed by atoms with Crippen LogP contribution in [0.15, 0.2) is 24.5 Å². The summed E-state index contributed by atoms with van der Waals surface area (Å²) in [6.07, 6.45) is 4.97. The first-order chi connectivity index (χ1) is 7.61. The molecule has 0 aliphatic heterocycles. The van der Waals surface area contributed by atoms with Crippen LogP contribution in [0.1, 0.15) is 32.3 Å². The average molecular weight is 223 g/mol. The molecule has 4 heteroatoms. The minimum Gasteiger partial charge on any atom is -0.479 e. The summed E-state index contributed by atoms with van der Waals surface area (Å²) >= 11 is 0. The molecule has 88 valence electrons. The summed E-state index contributed by atoms with van der Waals surface area (Å²) < 4.78 is 5.49. The zero-order valence-electron chi connectivity index (χ0n) is 9.64. The third-order valence-electron chi connectivity index (χ3n) is 2.53. The van der Waals surface area contributed by atoms with E-state index in [0.29, 0.717) is 12.2 Å². The molecule has 1 N–H and O–H groups in total. The van der Waals surface area contributed by atoms with Gasteiger partial charge in [-0.25, -0.2) is 4.79 Å². The molecular weight excluding hydrogens is 206 g/mol. The smallest absolute Gasteiger partial charge is 0.340 e. The van der Waals surface area contributed by atoms with Crippen LogP contribution in [0.4, 0.5) is 0 Å². The molecule has 1 atom stereocenters. The van der Waals surface area contributed by atoms with E-state index in [2.05, 4.69) is 4.98 Å². The van der Waals surface area contributed by atoms with Gasteiger partial charge in [-0.05, 0) is 31.0 Å². The quantitative estimate of drug-likeness (QED) is 0.751. The predicted molar refractivity (Wildman–Crippen MR) is 60.1 cm³/mol. The van der Waals surface area contributed by atoms with Gasteiger partial charge in [0.1, 0.15) is 0 Å². The van der Waals surface area contributed by atoms with E-state index in [9.17, 15) is 9.90 Å². The number of rotatable bonds is 6. The Bertz CT molecular complexity index is 339. The van der Waals surface area contributed by atoms with Gasteiger partial charge in [0.25, 0.3) is 0 Å². The van der Waals surface area contributed by atoms with Gasteiger partial charge in [-0.3, -0.25) is 4.98 Å². The van der Waals surface area contributed by atoms with E-state index in [1.807, 2.05) is 6.92 Å². The van der Waals surface area contributed by atoms with E-state index < -0.39 is 11.6 Å². The van der Waals surface area contributed by atoms with Crippen LogP contribution in [-0.4, -0.2) is 22.7 Å². The Morgan fingerprint density at radius 3 is 2.62 bits per heavy atom. The van der Waals surface area contributed by atoms with Gasteiger partial charge in [0, 0.05) is 19.0 Å². The van der Waals surface area contributed by atoms with Gasteiger partial charge in [-0.2, -0.15) is 0 Å². The Labute approximate surface area is 95.3 Å². The summed E-state index contributed by atoms with van der Waals surface area (Å²) in [4.78, 5) is 15.1. The van der Waals surface area contributed by atoms with Crippen LogP contribution in [0.5, 0.6) is 0 Å². The Balaban J connectivity index is 2.85. The Morgan fingerprint density at radius 1 is 1.50 bits per heavy atom. The van der Waals surface area contributed by atoms with Crippen LogP contribution in [0.25, 0.3) is 0 Å². The van der Waals surface area contributed by atoms with E-state index in [1.165, 1.54) is 0 Å². The molecule has 0 aromatic carbocycles. The standard InChI is InChI=1S/C12H17NO3/c1-3-4-9-16-12(2,11(14)15)10-5-7-13-8-6-10/h5-8H,3-4,9H2,1-2H3,(H,14,15). The molecule has 1 rings (SSSR count). The zero-order valence-corrected chi connectivity index (χ0v) is 9.64. The Hall–Kier alpha value is -1.42. The minimum atomic E-state index is -1.28. The van der Waals surface area contributed by atoms with Crippen molar-refractivity contribution in [2.75, 3.05) is 6.61 Å². The number of ether oxygens (including phenoxy) is 1. The minimum absolute atomic E-state index is 0.446. The van der Waals surface area contributed by atoms with Crippen molar-refractivity contribution in [3.05, 3.63) is 30.1 Å². The first-order valence-corrected chi connectivity index (χ1v) is 5.39. The Morgan fingerprint density at radius 2 is 2.12 bits per heavy atom. The van der Waals surface area contributed by atoms with Crippen molar-refractivity contribution in [3.8, 4) is 0 Å². The van der Waals surface area contributed by atoms with E-state index in [4.69, 9.17) is 4.74 Å². The second kappa shape index (κ2) is 5.61. The number of hydrogen-bond acceptors (Lipinski definition) is 3. The van der Waals surface area contributed by atoms with Crippen LogP contribution in [0.2, 0.25) is 0 Å². The molecule has 0 fully saturated rings. The molecule has 0 amide bonds. The number of pyridine rings is 1.